The third kappa shape index (κ3) is 7.66. The molecule has 0 bridgehead atoms. The molecule has 0 fully saturated rings. The Morgan fingerprint density at radius 1 is 1.29 bits per heavy atom. The maximum Gasteiger partial charge on any atom is 0.107 e. The molecule has 1 heteroatoms. The SMILES string of the molecule is C/C=C(C)\C=C1/CC=CO1.CC.CC. The number of rotatable bonds is 1. The van der Waals surface area contributed by atoms with Gasteiger partial charge in [0.2, 0.25) is 0 Å². The predicted octanol–water partition coefficient (Wildman–Crippen LogP) is 4.82. The Morgan fingerprint density at radius 2 is 1.86 bits per heavy atom. The molecular weight excluding hydrogens is 172 g/mol. The van der Waals surface area contributed by atoms with Gasteiger partial charge in [-0.15, -0.1) is 0 Å². The normalized spacial score (nSPS) is 16.4. The van der Waals surface area contributed by atoms with Crippen LogP contribution in [0.1, 0.15) is 48.0 Å². The molecule has 0 aromatic heterocycles. The van der Waals surface area contributed by atoms with E-state index >= 15 is 0 Å². The lowest BCUT2D eigenvalue weighted by atomic mass is 10.2. The molecule has 1 aliphatic rings. The third-order valence-corrected chi connectivity index (χ3v) is 1.48. The van der Waals surface area contributed by atoms with Crippen LogP contribution in [0.15, 0.2) is 35.8 Å². The number of hydrogen-bond acceptors (Lipinski definition) is 1. The fourth-order valence-electron chi connectivity index (χ4n) is 0.778. The minimum Gasteiger partial charge on any atom is -0.469 e. The van der Waals surface area contributed by atoms with Crippen LogP contribution in [-0.2, 0) is 4.74 Å². The van der Waals surface area contributed by atoms with Crippen LogP contribution in [0, 0.1) is 0 Å². The van der Waals surface area contributed by atoms with E-state index < -0.39 is 0 Å². The minimum absolute atomic E-state index is 0.936. The zero-order valence-corrected chi connectivity index (χ0v) is 10.4. The van der Waals surface area contributed by atoms with Crippen LogP contribution < -0.4 is 0 Å². The Balaban J connectivity index is 0. The van der Waals surface area contributed by atoms with Gasteiger partial charge in [0.05, 0.1) is 6.26 Å². The molecule has 0 atom stereocenters. The monoisotopic (exact) mass is 196 g/mol. The van der Waals surface area contributed by atoms with Gasteiger partial charge in [-0.1, -0.05) is 39.3 Å². The average molecular weight is 196 g/mol. The third-order valence-electron chi connectivity index (χ3n) is 1.48. The molecule has 0 aromatic rings. The number of allylic oxidation sites excluding steroid dienone is 4. The summed E-state index contributed by atoms with van der Waals surface area (Å²) in [6.45, 7) is 12.1. The number of hydrogen-bond donors (Lipinski definition) is 0. The van der Waals surface area contributed by atoms with Crippen molar-refractivity contribution in [2.45, 2.75) is 48.0 Å². The lowest BCUT2D eigenvalue weighted by Gasteiger charge is -1.95. The van der Waals surface area contributed by atoms with E-state index in [4.69, 9.17) is 4.74 Å². The van der Waals surface area contributed by atoms with Crippen LogP contribution in [0.5, 0.6) is 0 Å². The van der Waals surface area contributed by atoms with Crippen LogP contribution in [0.25, 0.3) is 0 Å². The molecule has 0 radical (unpaired) electrons. The van der Waals surface area contributed by atoms with Gasteiger partial charge in [-0.05, 0) is 26.0 Å². The Hall–Kier alpha value is -0.980. The van der Waals surface area contributed by atoms with E-state index in [9.17, 15) is 0 Å². The summed E-state index contributed by atoms with van der Waals surface area (Å²) in [5, 5.41) is 0. The maximum absolute atomic E-state index is 5.17. The quantitative estimate of drug-likeness (QED) is 0.584. The molecule has 0 amide bonds. The van der Waals surface area contributed by atoms with Gasteiger partial charge in [-0.2, -0.15) is 0 Å². The fourth-order valence-corrected chi connectivity index (χ4v) is 0.778. The van der Waals surface area contributed by atoms with Crippen molar-refractivity contribution in [3.05, 3.63) is 35.8 Å². The first-order valence-corrected chi connectivity index (χ1v) is 5.48. The summed E-state index contributed by atoms with van der Waals surface area (Å²) in [5.41, 5.74) is 1.25. The topological polar surface area (TPSA) is 9.23 Å². The van der Waals surface area contributed by atoms with Crippen molar-refractivity contribution in [2.24, 2.45) is 0 Å². The zero-order valence-electron chi connectivity index (χ0n) is 10.4. The van der Waals surface area contributed by atoms with Gasteiger partial charge in [-0.25, -0.2) is 0 Å². The molecule has 0 aliphatic carbocycles. The summed E-state index contributed by atoms with van der Waals surface area (Å²) in [7, 11) is 0. The summed E-state index contributed by atoms with van der Waals surface area (Å²) in [6, 6.07) is 0. The molecule has 1 heterocycles. The highest BCUT2D eigenvalue weighted by Crippen LogP contribution is 2.14. The van der Waals surface area contributed by atoms with Crippen LogP contribution >= 0.6 is 0 Å². The summed E-state index contributed by atoms with van der Waals surface area (Å²) in [5.74, 6) is 1.04. The second-order valence-corrected chi connectivity index (χ2v) is 2.34. The largest absolute Gasteiger partial charge is 0.469 e. The Bertz CT molecular complexity index is 187. The van der Waals surface area contributed by atoms with E-state index in [0.717, 1.165) is 12.2 Å². The average Bonchev–Trinajstić information content (AvgIpc) is 2.76. The molecule has 0 aromatic carbocycles. The fraction of sp³-hybridized carbons (Fsp3) is 0.538. The highest BCUT2D eigenvalue weighted by molar-refractivity contribution is 5.21. The van der Waals surface area contributed by atoms with E-state index in [1.165, 1.54) is 5.57 Å². The van der Waals surface area contributed by atoms with Gasteiger partial charge in [-0.3, -0.25) is 0 Å². The summed E-state index contributed by atoms with van der Waals surface area (Å²) >= 11 is 0. The predicted molar refractivity (Wildman–Crippen MR) is 65.1 cm³/mol. The van der Waals surface area contributed by atoms with E-state index in [0.29, 0.717) is 0 Å². The first-order valence-electron chi connectivity index (χ1n) is 5.48. The molecular formula is C13H24O. The van der Waals surface area contributed by atoms with Gasteiger partial charge < -0.3 is 4.74 Å². The smallest absolute Gasteiger partial charge is 0.107 e. The standard InChI is InChI=1S/C9H12O.2C2H6/c1-3-8(2)7-9-5-4-6-10-9;2*1-2/h3-4,6-7H,5H2,1-2H3;2*1-2H3/b8-3-,9-7+;;. The van der Waals surface area contributed by atoms with Crippen molar-refractivity contribution in [3.8, 4) is 0 Å². The highest BCUT2D eigenvalue weighted by Gasteiger charge is 1.99. The van der Waals surface area contributed by atoms with Crippen LogP contribution in [0.3, 0.4) is 0 Å². The van der Waals surface area contributed by atoms with Crippen molar-refractivity contribution >= 4 is 0 Å². The molecule has 1 aliphatic heterocycles. The molecule has 0 spiro atoms. The second-order valence-electron chi connectivity index (χ2n) is 2.34. The van der Waals surface area contributed by atoms with Crippen LogP contribution in [0.2, 0.25) is 0 Å². The first-order chi connectivity index (χ1) is 6.83. The molecule has 1 nitrogen and oxygen atoms in total. The van der Waals surface area contributed by atoms with Crippen molar-refractivity contribution < 1.29 is 4.74 Å². The molecule has 1 rings (SSSR count). The van der Waals surface area contributed by atoms with E-state index in [-0.39, 0.29) is 0 Å². The summed E-state index contributed by atoms with van der Waals surface area (Å²) in [4.78, 5) is 0. The summed E-state index contributed by atoms with van der Waals surface area (Å²) < 4.78 is 5.17. The number of ether oxygens (including phenoxy) is 1. The van der Waals surface area contributed by atoms with Crippen LogP contribution in [-0.4, -0.2) is 0 Å². The Labute approximate surface area is 89.2 Å². The first kappa shape index (κ1) is 15.5. The van der Waals surface area contributed by atoms with Gasteiger partial charge in [0.15, 0.2) is 0 Å². The van der Waals surface area contributed by atoms with Gasteiger partial charge >= 0.3 is 0 Å². The van der Waals surface area contributed by atoms with Crippen molar-refractivity contribution in [2.75, 3.05) is 0 Å². The Kier molecular flexibility index (Phi) is 13.3. The van der Waals surface area contributed by atoms with E-state index in [2.05, 4.69) is 19.1 Å². The van der Waals surface area contributed by atoms with E-state index in [1.54, 1.807) is 6.26 Å². The van der Waals surface area contributed by atoms with Gasteiger partial charge in [0, 0.05) is 6.42 Å². The van der Waals surface area contributed by atoms with E-state index in [1.807, 2.05) is 40.7 Å². The molecule has 82 valence electrons. The lowest BCUT2D eigenvalue weighted by Crippen LogP contribution is -1.77. The molecule has 14 heavy (non-hydrogen) atoms. The highest BCUT2D eigenvalue weighted by atomic mass is 16.5. The summed E-state index contributed by atoms with van der Waals surface area (Å²) in [6.07, 6.45) is 8.80. The lowest BCUT2D eigenvalue weighted by molar-refractivity contribution is 0.367. The van der Waals surface area contributed by atoms with Gasteiger partial charge in [0.25, 0.3) is 0 Å². The second kappa shape index (κ2) is 12.0. The minimum atomic E-state index is 0.936. The Morgan fingerprint density at radius 3 is 2.21 bits per heavy atom. The molecule has 0 saturated heterocycles. The zero-order chi connectivity index (χ0) is 11.4. The van der Waals surface area contributed by atoms with Crippen molar-refractivity contribution in [1.29, 1.82) is 0 Å². The maximum atomic E-state index is 5.17. The van der Waals surface area contributed by atoms with Crippen LogP contribution in [0.4, 0.5) is 0 Å². The van der Waals surface area contributed by atoms with Crippen molar-refractivity contribution in [3.63, 3.8) is 0 Å². The van der Waals surface area contributed by atoms with Crippen molar-refractivity contribution in [1.82, 2.24) is 0 Å². The molecule has 0 unspecified atom stereocenters. The molecule has 0 N–H and O–H groups in total. The van der Waals surface area contributed by atoms with Gasteiger partial charge in [0.1, 0.15) is 5.76 Å². The molecule has 0 saturated carbocycles.